The summed E-state index contributed by atoms with van der Waals surface area (Å²) in [5.74, 6) is 0.905. The van der Waals surface area contributed by atoms with Gasteiger partial charge in [-0.05, 0) is 24.5 Å². The molecular formula is C11H18N2O2S. The fourth-order valence-corrected chi connectivity index (χ4v) is 2.64. The van der Waals surface area contributed by atoms with E-state index in [1.165, 1.54) is 4.90 Å². The first-order valence-corrected chi connectivity index (χ1v) is 6.47. The highest BCUT2D eigenvalue weighted by Crippen LogP contribution is 2.35. The van der Waals surface area contributed by atoms with Crippen LogP contribution in [0, 0.1) is 5.92 Å². The maximum atomic E-state index is 12.2. The maximum Gasteiger partial charge on any atom is 0.325 e. The van der Waals surface area contributed by atoms with Gasteiger partial charge in [0, 0.05) is 6.54 Å². The smallest absolute Gasteiger partial charge is 0.323 e. The highest BCUT2D eigenvalue weighted by Gasteiger charge is 2.52. The molecule has 0 bridgehead atoms. The summed E-state index contributed by atoms with van der Waals surface area (Å²) in [6, 6.07) is -0.222. The molecule has 0 aromatic heterocycles. The Kier molecular flexibility index (Phi) is 3.15. The second kappa shape index (κ2) is 4.28. The van der Waals surface area contributed by atoms with E-state index in [0.29, 0.717) is 12.3 Å². The SMILES string of the molecule is CC(CS)CN1C(=O)NC2(CCCC2)C1=O. The van der Waals surface area contributed by atoms with Crippen LogP contribution in [0.2, 0.25) is 0 Å². The van der Waals surface area contributed by atoms with E-state index in [0.717, 1.165) is 25.7 Å². The van der Waals surface area contributed by atoms with E-state index in [1.807, 2.05) is 6.92 Å². The molecule has 1 saturated carbocycles. The van der Waals surface area contributed by atoms with Crippen LogP contribution in [0.1, 0.15) is 32.6 Å². The van der Waals surface area contributed by atoms with Crippen LogP contribution in [0.4, 0.5) is 4.79 Å². The number of rotatable bonds is 3. The van der Waals surface area contributed by atoms with Crippen molar-refractivity contribution in [3.63, 3.8) is 0 Å². The summed E-state index contributed by atoms with van der Waals surface area (Å²) >= 11 is 4.18. The summed E-state index contributed by atoms with van der Waals surface area (Å²) in [5, 5.41) is 2.87. The first-order valence-electron chi connectivity index (χ1n) is 5.84. The number of hydrogen-bond acceptors (Lipinski definition) is 3. The minimum absolute atomic E-state index is 0.0244. The molecule has 2 rings (SSSR count). The Balaban J connectivity index is 2.10. The van der Waals surface area contributed by atoms with Crippen molar-refractivity contribution < 1.29 is 9.59 Å². The Morgan fingerprint density at radius 2 is 2.06 bits per heavy atom. The van der Waals surface area contributed by atoms with Gasteiger partial charge in [-0.2, -0.15) is 12.6 Å². The monoisotopic (exact) mass is 242 g/mol. The Morgan fingerprint density at radius 1 is 1.44 bits per heavy atom. The van der Waals surface area contributed by atoms with E-state index < -0.39 is 5.54 Å². The number of carbonyl (C=O) groups excluding carboxylic acids is 2. The van der Waals surface area contributed by atoms with E-state index in [2.05, 4.69) is 17.9 Å². The van der Waals surface area contributed by atoms with Crippen molar-refractivity contribution in [2.75, 3.05) is 12.3 Å². The van der Waals surface area contributed by atoms with Crippen LogP contribution in [-0.2, 0) is 4.79 Å². The molecule has 1 aliphatic carbocycles. The van der Waals surface area contributed by atoms with Gasteiger partial charge in [0.25, 0.3) is 5.91 Å². The summed E-state index contributed by atoms with van der Waals surface area (Å²) in [6.45, 7) is 2.48. The molecule has 1 heterocycles. The fraction of sp³-hybridized carbons (Fsp3) is 0.818. The van der Waals surface area contributed by atoms with Crippen LogP contribution in [0.5, 0.6) is 0 Å². The lowest BCUT2D eigenvalue weighted by Gasteiger charge is -2.21. The van der Waals surface area contributed by atoms with E-state index in [4.69, 9.17) is 0 Å². The van der Waals surface area contributed by atoms with Gasteiger partial charge >= 0.3 is 6.03 Å². The van der Waals surface area contributed by atoms with Gasteiger partial charge in [0.1, 0.15) is 5.54 Å². The molecule has 1 aliphatic heterocycles. The number of urea groups is 1. The molecule has 4 nitrogen and oxygen atoms in total. The van der Waals surface area contributed by atoms with Gasteiger partial charge in [-0.1, -0.05) is 19.8 Å². The van der Waals surface area contributed by atoms with Gasteiger partial charge in [0.05, 0.1) is 0 Å². The first-order chi connectivity index (χ1) is 7.59. The summed E-state index contributed by atoms with van der Waals surface area (Å²) in [5.41, 5.74) is -0.562. The zero-order chi connectivity index (χ0) is 11.8. The summed E-state index contributed by atoms with van der Waals surface area (Å²) < 4.78 is 0. The van der Waals surface area contributed by atoms with Crippen molar-refractivity contribution in [2.45, 2.75) is 38.1 Å². The van der Waals surface area contributed by atoms with E-state index in [1.54, 1.807) is 0 Å². The van der Waals surface area contributed by atoms with Crippen molar-refractivity contribution in [1.82, 2.24) is 10.2 Å². The van der Waals surface area contributed by atoms with Gasteiger partial charge in [0.15, 0.2) is 0 Å². The van der Waals surface area contributed by atoms with Gasteiger partial charge in [-0.25, -0.2) is 4.79 Å². The molecule has 0 aromatic rings. The van der Waals surface area contributed by atoms with Crippen molar-refractivity contribution in [2.24, 2.45) is 5.92 Å². The summed E-state index contributed by atoms with van der Waals surface area (Å²) in [6.07, 6.45) is 3.65. The molecule has 0 aromatic carbocycles. The number of thiol groups is 1. The molecule has 90 valence electrons. The summed E-state index contributed by atoms with van der Waals surface area (Å²) in [7, 11) is 0. The maximum absolute atomic E-state index is 12.2. The number of carbonyl (C=O) groups is 2. The molecule has 0 radical (unpaired) electrons. The van der Waals surface area contributed by atoms with Crippen LogP contribution < -0.4 is 5.32 Å². The molecular weight excluding hydrogens is 224 g/mol. The minimum Gasteiger partial charge on any atom is -0.323 e. The summed E-state index contributed by atoms with van der Waals surface area (Å²) in [4.78, 5) is 25.3. The van der Waals surface area contributed by atoms with E-state index >= 15 is 0 Å². The predicted octanol–water partition coefficient (Wildman–Crippen LogP) is 1.42. The van der Waals surface area contributed by atoms with E-state index in [9.17, 15) is 9.59 Å². The van der Waals surface area contributed by atoms with Gasteiger partial charge in [-0.3, -0.25) is 9.69 Å². The zero-order valence-electron chi connectivity index (χ0n) is 9.53. The number of hydrogen-bond donors (Lipinski definition) is 2. The van der Waals surface area contributed by atoms with Crippen LogP contribution in [-0.4, -0.2) is 34.7 Å². The molecule has 5 heteroatoms. The molecule has 1 unspecified atom stereocenters. The topological polar surface area (TPSA) is 49.4 Å². The van der Waals surface area contributed by atoms with Crippen LogP contribution >= 0.6 is 12.6 Å². The lowest BCUT2D eigenvalue weighted by molar-refractivity contribution is -0.131. The van der Waals surface area contributed by atoms with Gasteiger partial charge in [0.2, 0.25) is 0 Å². The van der Waals surface area contributed by atoms with Crippen molar-refractivity contribution >= 4 is 24.6 Å². The van der Waals surface area contributed by atoms with Crippen molar-refractivity contribution in [3.8, 4) is 0 Å². The van der Waals surface area contributed by atoms with Crippen LogP contribution in [0.3, 0.4) is 0 Å². The Bertz CT molecular complexity index is 313. The average molecular weight is 242 g/mol. The standard InChI is InChI=1S/C11H18N2O2S/c1-8(7-16)6-13-9(14)11(12-10(13)15)4-2-3-5-11/h8,16H,2-7H2,1H3,(H,12,15). The molecule has 2 fully saturated rings. The van der Waals surface area contributed by atoms with Gasteiger partial charge < -0.3 is 5.32 Å². The quantitative estimate of drug-likeness (QED) is 0.581. The fourth-order valence-electron chi connectivity index (χ4n) is 2.53. The Morgan fingerprint density at radius 3 is 2.62 bits per heavy atom. The zero-order valence-corrected chi connectivity index (χ0v) is 10.4. The van der Waals surface area contributed by atoms with Crippen molar-refractivity contribution in [1.29, 1.82) is 0 Å². The van der Waals surface area contributed by atoms with Crippen molar-refractivity contribution in [3.05, 3.63) is 0 Å². The lowest BCUT2D eigenvalue weighted by Crippen LogP contribution is -2.44. The number of nitrogens with zero attached hydrogens (tertiary/aromatic N) is 1. The first kappa shape index (κ1) is 11.8. The predicted molar refractivity (Wildman–Crippen MR) is 64.5 cm³/mol. The largest absolute Gasteiger partial charge is 0.325 e. The Hall–Kier alpha value is -0.710. The van der Waals surface area contributed by atoms with Crippen LogP contribution in [0.15, 0.2) is 0 Å². The molecule has 3 amide bonds. The Labute approximate surface area is 101 Å². The second-order valence-electron chi connectivity index (χ2n) is 4.92. The third kappa shape index (κ3) is 1.81. The normalized spacial score (nSPS) is 25.2. The third-order valence-corrected chi connectivity index (χ3v) is 4.13. The number of imide groups is 1. The average Bonchev–Trinajstić information content (AvgIpc) is 2.81. The lowest BCUT2D eigenvalue weighted by atomic mass is 9.98. The molecule has 1 N–H and O–H groups in total. The highest BCUT2D eigenvalue weighted by molar-refractivity contribution is 7.80. The number of amides is 3. The molecule has 1 atom stereocenters. The molecule has 16 heavy (non-hydrogen) atoms. The van der Waals surface area contributed by atoms with Gasteiger partial charge in [-0.15, -0.1) is 0 Å². The second-order valence-corrected chi connectivity index (χ2v) is 5.29. The molecule has 1 saturated heterocycles. The number of nitrogens with one attached hydrogen (secondary N) is 1. The molecule has 1 spiro atoms. The van der Waals surface area contributed by atoms with Crippen LogP contribution in [0.25, 0.3) is 0 Å². The highest BCUT2D eigenvalue weighted by atomic mass is 32.1. The minimum atomic E-state index is -0.562. The van der Waals surface area contributed by atoms with E-state index in [-0.39, 0.29) is 17.9 Å². The third-order valence-electron chi connectivity index (χ3n) is 3.51. The molecule has 2 aliphatic rings.